The molecule has 0 spiro atoms. The molecule has 0 fully saturated rings. The van der Waals surface area contributed by atoms with Crippen LogP contribution in [0.15, 0.2) is 56.8 Å². The van der Waals surface area contributed by atoms with Crippen molar-refractivity contribution < 1.29 is 27.1 Å². The average molecular weight is 467 g/mol. The minimum atomic E-state index is -4.99. The topological polar surface area (TPSA) is 87.0 Å². The van der Waals surface area contributed by atoms with Gasteiger partial charge in [-0.25, -0.2) is 0 Å². The van der Waals surface area contributed by atoms with Gasteiger partial charge in [0.15, 0.2) is 11.3 Å². The van der Waals surface area contributed by atoms with Gasteiger partial charge in [0.05, 0.1) is 31.7 Å². The highest BCUT2D eigenvalue weighted by Crippen LogP contribution is 2.40. The number of rotatable bonds is 6. The summed E-state index contributed by atoms with van der Waals surface area (Å²) in [5, 5.41) is 0.409. The zero-order valence-corrected chi connectivity index (χ0v) is 17.8. The van der Waals surface area contributed by atoms with Crippen molar-refractivity contribution in [1.82, 2.24) is 0 Å². The molecule has 0 atom stereocenters. The Hall–Kier alpha value is -3.46. The molecule has 2 N–H and O–H groups in total. The maximum absolute atomic E-state index is 13.9. The van der Waals surface area contributed by atoms with E-state index in [9.17, 15) is 18.0 Å². The largest absolute Gasteiger partial charge is 0.493 e. The van der Waals surface area contributed by atoms with Crippen molar-refractivity contribution in [1.29, 1.82) is 0 Å². The molecule has 0 bridgehead atoms. The van der Waals surface area contributed by atoms with E-state index in [2.05, 4.69) is 4.99 Å². The quantitative estimate of drug-likeness (QED) is 0.513. The van der Waals surface area contributed by atoms with Gasteiger partial charge in [-0.15, -0.1) is 0 Å². The minimum absolute atomic E-state index is 0.114. The van der Waals surface area contributed by atoms with Crippen molar-refractivity contribution in [2.24, 2.45) is 10.7 Å². The van der Waals surface area contributed by atoms with Crippen LogP contribution in [0.4, 0.5) is 13.2 Å². The summed E-state index contributed by atoms with van der Waals surface area (Å²) in [6.07, 6.45) is -3.02. The molecule has 0 saturated carbocycles. The molecule has 0 unspecified atom stereocenters. The zero-order valence-electron chi connectivity index (χ0n) is 17.0. The van der Waals surface area contributed by atoms with E-state index in [1.165, 1.54) is 26.4 Å². The van der Waals surface area contributed by atoms with Crippen LogP contribution < -0.4 is 20.6 Å². The van der Waals surface area contributed by atoms with Crippen LogP contribution in [0.5, 0.6) is 11.5 Å². The molecule has 1 heterocycles. The number of hydrogen-bond acceptors (Lipinski definition) is 6. The van der Waals surface area contributed by atoms with E-state index in [1.807, 2.05) is 0 Å². The Morgan fingerprint density at radius 3 is 2.41 bits per heavy atom. The highest BCUT2D eigenvalue weighted by molar-refractivity contribution is 6.30. The predicted molar refractivity (Wildman–Crippen MR) is 116 cm³/mol. The second kappa shape index (κ2) is 9.35. The molecule has 1 aromatic heterocycles. The summed E-state index contributed by atoms with van der Waals surface area (Å²) < 4.78 is 57.0. The van der Waals surface area contributed by atoms with Crippen LogP contribution in [0.1, 0.15) is 16.9 Å². The van der Waals surface area contributed by atoms with E-state index in [0.29, 0.717) is 5.02 Å². The van der Waals surface area contributed by atoms with Crippen LogP contribution in [0.2, 0.25) is 5.02 Å². The molecule has 0 radical (unpaired) electrons. The van der Waals surface area contributed by atoms with Crippen LogP contribution >= 0.6 is 11.6 Å². The fourth-order valence-corrected chi connectivity index (χ4v) is 3.19. The number of allylic oxidation sites excluding steroid dienone is 1. The first-order chi connectivity index (χ1) is 15.2. The fraction of sp³-hybridized carbons (Fsp3) is 0.182. The summed E-state index contributed by atoms with van der Waals surface area (Å²) in [6.45, 7) is 0.139. The van der Waals surface area contributed by atoms with Crippen molar-refractivity contribution >= 4 is 34.4 Å². The van der Waals surface area contributed by atoms with Gasteiger partial charge >= 0.3 is 6.18 Å². The SMILES string of the molecule is COc1ccc2c(=O)c(/C(C=NCc3ccc(Cl)cc3)=C/N)c(C(F)(F)F)oc2c1OC. The highest BCUT2D eigenvalue weighted by atomic mass is 35.5. The van der Waals surface area contributed by atoms with Crippen LogP contribution in [-0.4, -0.2) is 20.4 Å². The fourth-order valence-electron chi connectivity index (χ4n) is 3.06. The second-order valence-electron chi connectivity index (χ2n) is 6.53. The maximum Gasteiger partial charge on any atom is 0.450 e. The summed E-state index contributed by atoms with van der Waals surface area (Å²) in [5.41, 5.74) is 4.02. The Kier molecular flexibility index (Phi) is 6.78. The van der Waals surface area contributed by atoms with E-state index in [4.69, 9.17) is 31.2 Å². The third-order valence-corrected chi connectivity index (χ3v) is 4.80. The monoisotopic (exact) mass is 466 g/mol. The average Bonchev–Trinajstić information content (AvgIpc) is 2.77. The molecule has 0 amide bonds. The highest BCUT2D eigenvalue weighted by Gasteiger charge is 2.40. The van der Waals surface area contributed by atoms with Crippen LogP contribution in [0.25, 0.3) is 16.5 Å². The molecule has 2 aromatic carbocycles. The van der Waals surface area contributed by atoms with Crippen LogP contribution in [0.3, 0.4) is 0 Å². The standard InChI is InChI=1S/C22H18ClF3N2O4/c1-30-16-8-7-15-18(29)17(21(22(24,25)26)32-19(15)20(16)31-2)13(9-27)11-28-10-12-3-5-14(23)6-4-12/h3-9,11H,10,27H2,1-2H3/b13-9+,28-11?. The summed E-state index contributed by atoms with van der Waals surface area (Å²) in [4.78, 5) is 17.2. The van der Waals surface area contributed by atoms with Gasteiger partial charge in [-0.1, -0.05) is 23.7 Å². The normalized spacial score (nSPS) is 12.5. The second-order valence-corrected chi connectivity index (χ2v) is 6.97. The van der Waals surface area contributed by atoms with Gasteiger partial charge in [0.2, 0.25) is 16.9 Å². The zero-order chi connectivity index (χ0) is 23.5. The number of nitrogens with two attached hydrogens (primary N) is 1. The Morgan fingerprint density at radius 1 is 1.16 bits per heavy atom. The molecule has 168 valence electrons. The molecule has 6 nitrogen and oxygen atoms in total. The van der Waals surface area contributed by atoms with E-state index >= 15 is 0 Å². The Labute approximate surface area is 185 Å². The Morgan fingerprint density at radius 2 is 1.84 bits per heavy atom. The lowest BCUT2D eigenvalue weighted by molar-refractivity contribution is -0.153. The molecule has 0 aliphatic heterocycles. The van der Waals surface area contributed by atoms with Gasteiger partial charge in [0.1, 0.15) is 0 Å². The van der Waals surface area contributed by atoms with Gasteiger partial charge in [0.25, 0.3) is 0 Å². The lowest BCUT2D eigenvalue weighted by Gasteiger charge is -2.15. The van der Waals surface area contributed by atoms with E-state index in [0.717, 1.165) is 18.0 Å². The first-order valence-electron chi connectivity index (χ1n) is 9.16. The van der Waals surface area contributed by atoms with Crippen molar-refractivity contribution in [3.8, 4) is 11.5 Å². The van der Waals surface area contributed by atoms with Crippen LogP contribution in [0, 0.1) is 0 Å². The number of fused-ring (bicyclic) bond motifs is 1. The third-order valence-electron chi connectivity index (χ3n) is 4.55. The molecule has 0 aliphatic rings. The predicted octanol–water partition coefficient (Wildman–Crippen LogP) is 5.05. The van der Waals surface area contributed by atoms with Gasteiger partial charge in [-0.3, -0.25) is 9.79 Å². The molecule has 0 aliphatic carbocycles. The molecule has 3 rings (SSSR count). The number of halogens is 4. The van der Waals surface area contributed by atoms with Crippen molar-refractivity contribution in [3.05, 3.63) is 74.7 Å². The Bertz CT molecular complexity index is 1250. The number of benzene rings is 2. The number of alkyl halides is 3. The molecule has 32 heavy (non-hydrogen) atoms. The first-order valence-corrected chi connectivity index (χ1v) is 9.54. The summed E-state index contributed by atoms with van der Waals surface area (Å²) >= 11 is 5.83. The number of methoxy groups -OCH3 is 2. The lowest BCUT2D eigenvalue weighted by Crippen LogP contribution is -2.20. The third kappa shape index (κ3) is 4.57. The van der Waals surface area contributed by atoms with Gasteiger partial charge in [-0.2, -0.15) is 13.2 Å². The number of hydrogen-bond donors (Lipinski definition) is 1. The minimum Gasteiger partial charge on any atom is -0.493 e. The van der Waals surface area contributed by atoms with E-state index in [1.54, 1.807) is 24.3 Å². The van der Waals surface area contributed by atoms with Crippen molar-refractivity contribution in [2.45, 2.75) is 12.7 Å². The smallest absolute Gasteiger partial charge is 0.450 e. The molecule has 3 aromatic rings. The molecule has 0 saturated heterocycles. The molecular weight excluding hydrogens is 449 g/mol. The summed E-state index contributed by atoms with van der Waals surface area (Å²) in [6, 6.07) is 9.45. The summed E-state index contributed by atoms with van der Waals surface area (Å²) in [7, 11) is 2.54. The van der Waals surface area contributed by atoms with Gasteiger partial charge in [0, 0.05) is 23.0 Å². The number of ether oxygens (including phenoxy) is 2. The summed E-state index contributed by atoms with van der Waals surface area (Å²) in [5.74, 6) is -1.53. The molecule has 10 heteroatoms. The van der Waals surface area contributed by atoms with E-state index in [-0.39, 0.29) is 34.6 Å². The van der Waals surface area contributed by atoms with Crippen molar-refractivity contribution in [2.75, 3.05) is 14.2 Å². The Balaban J connectivity index is 2.16. The van der Waals surface area contributed by atoms with Crippen molar-refractivity contribution in [3.63, 3.8) is 0 Å². The van der Waals surface area contributed by atoms with Crippen LogP contribution in [-0.2, 0) is 12.7 Å². The lowest BCUT2D eigenvalue weighted by atomic mass is 10.0. The van der Waals surface area contributed by atoms with E-state index < -0.39 is 22.9 Å². The van der Waals surface area contributed by atoms with Gasteiger partial charge < -0.3 is 19.6 Å². The molecular formula is C22H18ClF3N2O4. The maximum atomic E-state index is 13.9. The van der Waals surface area contributed by atoms with Gasteiger partial charge in [-0.05, 0) is 29.8 Å². The number of nitrogens with zero attached hydrogens (tertiary/aromatic N) is 1. The first kappa shape index (κ1) is 23.2. The number of aliphatic imine (C=N–C) groups is 1.